The van der Waals surface area contributed by atoms with Crippen molar-refractivity contribution in [2.24, 2.45) is 4.99 Å². The van der Waals surface area contributed by atoms with Crippen LogP contribution in [0.25, 0.3) is 10.9 Å². The number of aromatic amines is 1. The number of aromatic nitrogens is 4. The minimum absolute atomic E-state index is 0.143. The van der Waals surface area contributed by atoms with Gasteiger partial charge in [0, 0.05) is 28.2 Å². The van der Waals surface area contributed by atoms with Gasteiger partial charge in [0.2, 0.25) is 0 Å². The third-order valence-electron chi connectivity index (χ3n) is 4.56. The van der Waals surface area contributed by atoms with E-state index in [0.717, 1.165) is 5.39 Å². The molecule has 0 unspecified atom stereocenters. The maximum absolute atomic E-state index is 8.08. The number of halogens is 1. The second-order valence-electron chi connectivity index (χ2n) is 6.58. The fourth-order valence-electron chi connectivity index (χ4n) is 2.95. The predicted molar refractivity (Wildman–Crippen MR) is 122 cm³/mol. The van der Waals surface area contributed by atoms with E-state index in [1.165, 1.54) is 6.21 Å². The topological polar surface area (TPSA) is 118 Å². The zero-order valence-electron chi connectivity index (χ0n) is 17.3. The van der Waals surface area contributed by atoms with Crippen molar-refractivity contribution in [1.82, 2.24) is 20.2 Å². The highest BCUT2D eigenvalue weighted by Crippen LogP contribution is 2.35. The lowest BCUT2D eigenvalue weighted by Crippen LogP contribution is -2.00. The third-order valence-corrected chi connectivity index (χ3v) is 4.81. The number of nitrogens with one attached hydrogen (secondary N) is 2. The largest absolute Gasteiger partial charge is 0.493 e. The Morgan fingerprint density at radius 1 is 1.09 bits per heavy atom. The summed E-state index contributed by atoms with van der Waals surface area (Å²) < 4.78 is 16.6. The van der Waals surface area contributed by atoms with E-state index in [0.29, 0.717) is 39.2 Å². The molecule has 0 aliphatic carbocycles. The van der Waals surface area contributed by atoms with Gasteiger partial charge in [0.15, 0.2) is 17.3 Å². The molecule has 0 saturated carbocycles. The zero-order valence-corrected chi connectivity index (χ0v) is 18.1. The highest BCUT2D eigenvalue weighted by Gasteiger charge is 2.11. The summed E-state index contributed by atoms with van der Waals surface area (Å²) in [5.74, 6) is 2.47. The van der Waals surface area contributed by atoms with Crippen LogP contribution in [0.15, 0.2) is 53.7 Å². The Morgan fingerprint density at radius 2 is 1.84 bits per heavy atom. The Kier molecular flexibility index (Phi) is 6.27. The Hall–Kier alpha value is -3.98. The van der Waals surface area contributed by atoms with Gasteiger partial charge in [0.1, 0.15) is 12.4 Å². The molecular formula is C22H19ClN6O3. The van der Waals surface area contributed by atoms with Gasteiger partial charge in [-0.1, -0.05) is 23.7 Å². The van der Waals surface area contributed by atoms with E-state index in [-0.39, 0.29) is 18.3 Å². The number of ether oxygens (including phenoxy) is 3. The van der Waals surface area contributed by atoms with Crippen molar-refractivity contribution < 1.29 is 14.2 Å². The van der Waals surface area contributed by atoms with Crippen LogP contribution in [-0.4, -0.2) is 46.3 Å². The van der Waals surface area contributed by atoms with Crippen LogP contribution in [0.4, 0.5) is 5.95 Å². The first-order valence-electron chi connectivity index (χ1n) is 9.50. The van der Waals surface area contributed by atoms with Crippen LogP contribution >= 0.6 is 11.6 Å². The molecule has 9 nitrogen and oxygen atoms in total. The second-order valence-corrected chi connectivity index (χ2v) is 7.02. The Balaban J connectivity index is 1.46. The molecule has 4 rings (SSSR count). The predicted octanol–water partition coefficient (Wildman–Crippen LogP) is 4.37. The average Bonchev–Trinajstić information content (AvgIpc) is 3.28. The fraction of sp³-hybridized carbons (Fsp3) is 0.136. The van der Waals surface area contributed by atoms with Gasteiger partial charge in [-0.3, -0.25) is 15.5 Å². The molecule has 2 aromatic carbocycles. The first-order chi connectivity index (χ1) is 15.6. The summed E-state index contributed by atoms with van der Waals surface area (Å²) in [6, 6.07) is 12.3. The Bertz CT molecular complexity index is 1290. The van der Waals surface area contributed by atoms with Gasteiger partial charge >= 0.3 is 0 Å². The summed E-state index contributed by atoms with van der Waals surface area (Å²) >= 11 is 5.87. The summed E-state index contributed by atoms with van der Waals surface area (Å²) in [6.07, 6.45) is 3.04. The number of pyridine rings is 1. The average molecular weight is 451 g/mol. The number of H-pyrrole nitrogens is 1. The van der Waals surface area contributed by atoms with Crippen LogP contribution < -0.4 is 14.2 Å². The second kappa shape index (κ2) is 9.44. The van der Waals surface area contributed by atoms with Crippen LogP contribution in [0.2, 0.25) is 5.02 Å². The van der Waals surface area contributed by atoms with E-state index in [2.05, 4.69) is 25.2 Å². The number of benzene rings is 2. The molecule has 32 heavy (non-hydrogen) atoms. The van der Waals surface area contributed by atoms with Gasteiger partial charge in [-0.05, 0) is 24.3 Å². The number of rotatable bonds is 8. The van der Waals surface area contributed by atoms with Crippen LogP contribution in [0, 0.1) is 5.41 Å². The molecule has 0 amide bonds. The molecule has 2 aromatic heterocycles. The standard InChI is InChI=1S/C22H19ClN6O3/c1-30-19-9-15-17(10-20(19)31-2)25-8-7-18(15)32-12-21-27-22(29-28-21)26-11-16(24)13-3-5-14(23)6-4-13/h3-11,24H,12H2,1-2H3,(H,27,28,29). The number of nitrogens with zero attached hydrogens (tertiary/aromatic N) is 4. The smallest absolute Gasteiger partial charge is 0.268 e. The highest BCUT2D eigenvalue weighted by molar-refractivity contribution is 6.37. The van der Waals surface area contributed by atoms with Gasteiger partial charge in [0.25, 0.3) is 5.95 Å². The van der Waals surface area contributed by atoms with Crippen molar-refractivity contribution in [3.63, 3.8) is 0 Å². The summed E-state index contributed by atoms with van der Waals surface area (Å²) in [7, 11) is 3.15. The van der Waals surface area contributed by atoms with Gasteiger partial charge in [-0.15, -0.1) is 5.10 Å². The maximum atomic E-state index is 8.08. The minimum atomic E-state index is 0.143. The summed E-state index contributed by atoms with van der Waals surface area (Å²) in [6.45, 7) is 0.143. The number of hydrogen-bond acceptors (Lipinski definition) is 8. The van der Waals surface area contributed by atoms with E-state index < -0.39 is 0 Å². The molecule has 10 heteroatoms. The normalized spacial score (nSPS) is 11.1. The summed E-state index contributed by atoms with van der Waals surface area (Å²) in [4.78, 5) is 12.8. The SMILES string of the molecule is COc1cc2nccc(OCc3nc(N=CC(=N)c4ccc(Cl)cc4)n[nH]3)c2cc1OC. The van der Waals surface area contributed by atoms with Gasteiger partial charge in [-0.2, -0.15) is 4.98 Å². The van der Waals surface area contributed by atoms with E-state index in [1.54, 1.807) is 56.8 Å². The summed E-state index contributed by atoms with van der Waals surface area (Å²) in [5, 5.41) is 16.3. The lowest BCUT2D eigenvalue weighted by molar-refractivity contribution is 0.299. The highest BCUT2D eigenvalue weighted by atomic mass is 35.5. The van der Waals surface area contributed by atoms with Crippen LogP contribution in [0.5, 0.6) is 17.2 Å². The van der Waals surface area contributed by atoms with Crippen LogP contribution in [-0.2, 0) is 6.61 Å². The molecule has 0 aliphatic rings. The molecule has 2 heterocycles. The molecule has 0 spiro atoms. The first kappa shape index (κ1) is 21.3. The van der Waals surface area contributed by atoms with E-state index >= 15 is 0 Å². The maximum Gasteiger partial charge on any atom is 0.268 e. The zero-order chi connectivity index (χ0) is 22.5. The third kappa shape index (κ3) is 4.68. The van der Waals surface area contributed by atoms with Crippen molar-refractivity contribution in [2.45, 2.75) is 6.61 Å². The molecule has 0 saturated heterocycles. The molecule has 0 fully saturated rings. The quantitative estimate of drug-likeness (QED) is 0.385. The molecular weight excluding hydrogens is 432 g/mol. The first-order valence-corrected chi connectivity index (χ1v) is 9.88. The monoisotopic (exact) mass is 450 g/mol. The van der Waals surface area contributed by atoms with E-state index in [9.17, 15) is 0 Å². The molecule has 0 radical (unpaired) electrons. The minimum Gasteiger partial charge on any atom is -0.493 e. The molecule has 0 atom stereocenters. The molecule has 4 aromatic rings. The number of aliphatic imine (C=N–C) groups is 1. The number of hydrogen-bond donors (Lipinski definition) is 2. The molecule has 2 N–H and O–H groups in total. The number of fused-ring (bicyclic) bond motifs is 1. The van der Waals surface area contributed by atoms with Crippen molar-refractivity contribution in [3.8, 4) is 17.2 Å². The summed E-state index contributed by atoms with van der Waals surface area (Å²) in [5.41, 5.74) is 1.62. The van der Waals surface area contributed by atoms with Crippen molar-refractivity contribution in [2.75, 3.05) is 14.2 Å². The van der Waals surface area contributed by atoms with Crippen molar-refractivity contribution >= 4 is 40.4 Å². The Labute approximate surface area is 188 Å². The molecule has 162 valence electrons. The number of methoxy groups -OCH3 is 2. The van der Waals surface area contributed by atoms with Crippen molar-refractivity contribution in [1.29, 1.82) is 5.41 Å². The van der Waals surface area contributed by atoms with Gasteiger partial charge in [-0.25, -0.2) is 4.99 Å². The lowest BCUT2D eigenvalue weighted by atomic mass is 10.1. The van der Waals surface area contributed by atoms with Crippen LogP contribution in [0.3, 0.4) is 0 Å². The molecule has 0 bridgehead atoms. The fourth-order valence-corrected chi connectivity index (χ4v) is 3.08. The van der Waals surface area contributed by atoms with Gasteiger partial charge < -0.3 is 14.2 Å². The van der Waals surface area contributed by atoms with Crippen LogP contribution in [0.1, 0.15) is 11.4 Å². The van der Waals surface area contributed by atoms with E-state index in [1.807, 2.05) is 6.07 Å². The van der Waals surface area contributed by atoms with Crippen molar-refractivity contribution in [3.05, 3.63) is 65.1 Å². The van der Waals surface area contributed by atoms with E-state index in [4.69, 9.17) is 31.2 Å². The lowest BCUT2D eigenvalue weighted by Gasteiger charge is -2.11. The Morgan fingerprint density at radius 3 is 2.59 bits per heavy atom. The molecule has 0 aliphatic heterocycles. The van der Waals surface area contributed by atoms with Gasteiger partial charge in [0.05, 0.1) is 31.7 Å².